The second-order valence-corrected chi connectivity index (χ2v) is 2.01. The van der Waals surface area contributed by atoms with Crippen LogP contribution in [0.2, 0.25) is 0 Å². The van der Waals surface area contributed by atoms with Crippen LogP contribution in [0.1, 0.15) is 20.8 Å². The number of nitrogens with two attached hydrogens (primary N) is 1. The van der Waals surface area contributed by atoms with Crippen LogP contribution in [0.25, 0.3) is 0 Å². The Hall–Kier alpha value is -0.370. The van der Waals surface area contributed by atoms with Crippen molar-refractivity contribution in [1.29, 1.82) is 0 Å². The van der Waals surface area contributed by atoms with Crippen molar-refractivity contribution in [3.05, 3.63) is 23.1 Å². The molecule has 0 aromatic rings. The van der Waals surface area contributed by atoms with Gasteiger partial charge in [-0.3, -0.25) is 0 Å². The summed E-state index contributed by atoms with van der Waals surface area (Å²) < 4.78 is 0. The molecule has 0 unspecified atom stereocenters. The van der Waals surface area contributed by atoms with E-state index in [9.17, 15) is 0 Å². The van der Waals surface area contributed by atoms with Crippen molar-refractivity contribution >= 4 is 11.8 Å². The second-order valence-electron chi connectivity index (χ2n) is 1.16. The third-order valence-electron chi connectivity index (χ3n) is 0.350. The lowest BCUT2D eigenvalue weighted by Gasteiger charge is -1.82. The second kappa shape index (κ2) is 10.6. The van der Waals surface area contributed by atoms with Crippen LogP contribution < -0.4 is 5.73 Å². The standard InChI is InChI=1S/C5H9NS.C2H6/c1-3-7-4-5(2)6;1-2/h3-4H,1,6H2,2H3;1-2H3/b5-4-;. The minimum atomic E-state index is 0.824. The lowest BCUT2D eigenvalue weighted by molar-refractivity contribution is 1.33. The molecule has 0 heterocycles. The fourth-order valence-corrected chi connectivity index (χ4v) is 0.466. The van der Waals surface area contributed by atoms with E-state index in [1.807, 2.05) is 26.2 Å². The van der Waals surface area contributed by atoms with Gasteiger partial charge in [-0.25, -0.2) is 0 Å². The van der Waals surface area contributed by atoms with Crippen molar-refractivity contribution in [3.63, 3.8) is 0 Å². The van der Waals surface area contributed by atoms with Crippen LogP contribution in [0.4, 0.5) is 0 Å². The van der Waals surface area contributed by atoms with E-state index >= 15 is 0 Å². The van der Waals surface area contributed by atoms with Crippen LogP contribution in [0, 0.1) is 0 Å². The molecule has 0 amide bonds. The molecule has 2 N–H and O–H groups in total. The Bertz CT molecular complexity index is 82.9. The van der Waals surface area contributed by atoms with Gasteiger partial charge in [-0.05, 0) is 17.7 Å². The minimum absolute atomic E-state index is 0.824. The molecular formula is C7H15NS. The van der Waals surface area contributed by atoms with Gasteiger partial charge in [0.2, 0.25) is 0 Å². The van der Waals surface area contributed by atoms with Crippen LogP contribution in [0.15, 0.2) is 23.1 Å². The molecule has 54 valence electrons. The largest absolute Gasteiger partial charge is 0.402 e. The Morgan fingerprint density at radius 1 is 1.56 bits per heavy atom. The van der Waals surface area contributed by atoms with E-state index in [1.165, 1.54) is 11.8 Å². The number of allylic oxidation sites excluding steroid dienone is 1. The summed E-state index contributed by atoms with van der Waals surface area (Å²) >= 11 is 1.49. The van der Waals surface area contributed by atoms with Gasteiger partial charge in [0.1, 0.15) is 0 Å². The van der Waals surface area contributed by atoms with Gasteiger partial charge in [0, 0.05) is 5.70 Å². The van der Waals surface area contributed by atoms with E-state index < -0.39 is 0 Å². The van der Waals surface area contributed by atoms with Crippen LogP contribution in [0.5, 0.6) is 0 Å². The molecular weight excluding hydrogens is 130 g/mol. The first-order valence-corrected chi connectivity index (χ1v) is 3.90. The van der Waals surface area contributed by atoms with Crippen molar-refractivity contribution in [2.75, 3.05) is 0 Å². The fraction of sp³-hybridized carbons (Fsp3) is 0.429. The molecule has 1 nitrogen and oxygen atoms in total. The summed E-state index contributed by atoms with van der Waals surface area (Å²) in [5, 5.41) is 3.57. The minimum Gasteiger partial charge on any atom is -0.402 e. The molecule has 0 aliphatic carbocycles. The molecule has 0 rings (SSSR count). The van der Waals surface area contributed by atoms with E-state index in [-0.39, 0.29) is 0 Å². The third kappa shape index (κ3) is 18.4. The van der Waals surface area contributed by atoms with Crippen LogP contribution >= 0.6 is 11.8 Å². The Labute approximate surface area is 62.0 Å². The Kier molecular flexibility index (Phi) is 13.4. The highest BCUT2D eigenvalue weighted by Crippen LogP contribution is 2.02. The lowest BCUT2D eigenvalue weighted by atomic mass is 10.6. The summed E-state index contributed by atoms with van der Waals surface area (Å²) in [5.41, 5.74) is 6.09. The maximum Gasteiger partial charge on any atom is 0.0116 e. The molecule has 0 saturated carbocycles. The Morgan fingerprint density at radius 2 is 2.00 bits per heavy atom. The number of hydrogen-bond acceptors (Lipinski definition) is 2. The van der Waals surface area contributed by atoms with E-state index in [0.29, 0.717) is 0 Å². The van der Waals surface area contributed by atoms with Crippen LogP contribution in [-0.4, -0.2) is 0 Å². The highest BCUT2D eigenvalue weighted by Gasteiger charge is 1.70. The van der Waals surface area contributed by atoms with Gasteiger partial charge in [-0.1, -0.05) is 20.4 Å². The van der Waals surface area contributed by atoms with Crippen molar-refractivity contribution in [2.24, 2.45) is 5.73 Å². The average molecular weight is 145 g/mol. The van der Waals surface area contributed by atoms with Gasteiger partial charge in [-0.15, -0.1) is 11.8 Å². The van der Waals surface area contributed by atoms with Crippen LogP contribution in [-0.2, 0) is 0 Å². The molecule has 0 spiro atoms. The first-order valence-electron chi connectivity index (χ1n) is 2.96. The van der Waals surface area contributed by atoms with Gasteiger partial charge in [0.15, 0.2) is 0 Å². The molecule has 0 aromatic carbocycles. The summed E-state index contributed by atoms with van der Waals surface area (Å²) in [6.45, 7) is 9.34. The zero-order valence-corrected chi connectivity index (χ0v) is 7.16. The average Bonchev–Trinajstić information content (AvgIpc) is 1.88. The number of hydrogen-bond donors (Lipinski definition) is 1. The van der Waals surface area contributed by atoms with Crippen molar-refractivity contribution in [2.45, 2.75) is 20.8 Å². The molecule has 0 aliphatic heterocycles. The quantitative estimate of drug-likeness (QED) is 0.646. The maximum atomic E-state index is 5.27. The molecule has 0 aromatic heterocycles. The molecule has 9 heavy (non-hydrogen) atoms. The molecule has 0 bridgehead atoms. The molecule has 0 radical (unpaired) electrons. The lowest BCUT2D eigenvalue weighted by Crippen LogP contribution is -1.86. The summed E-state index contributed by atoms with van der Waals surface area (Å²) in [5.74, 6) is 0. The van der Waals surface area contributed by atoms with Gasteiger partial charge < -0.3 is 5.73 Å². The van der Waals surface area contributed by atoms with E-state index in [2.05, 4.69) is 6.58 Å². The van der Waals surface area contributed by atoms with E-state index in [1.54, 1.807) is 5.41 Å². The summed E-state index contributed by atoms with van der Waals surface area (Å²) in [6.07, 6.45) is 0. The zero-order chi connectivity index (χ0) is 7.70. The van der Waals surface area contributed by atoms with E-state index in [0.717, 1.165) is 5.70 Å². The highest BCUT2D eigenvalue weighted by atomic mass is 32.2. The van der Waals surface area contributed by atoms with Gasteiger partial charge >= 0.3 is 0 Å². The van der Waals surface area contributed by atoms with Crippen molar-refractivity contribution in [3.8, 4) is 0 Å². The Morgan fingerprint density at radius 3 is 2.11 bits per heavy atom. The van der Waals surface area contributed by atoms with Gasteiger partial charge in [-0.2, -0.15) is 0 Å². The Balaban J connectivity index is 0. The van der Waals surface area contributed by atoms with Crippen molar-refractivity contribution in [1.82, 2.24) is 0 Å². The SMILES string of the molecule is C=CS/C=C(/C)N.CC. The van der Waals surface area contributed by atoms with Crippen molar-refractivity contribution < 1.29 is 0 Å². The predicted octanol–water partition coefficient (Wildman–Crippen LogP) is 2.71. The monoisotopic (exact) mass is 145 g/mol. The molecule has 0 atom stereocenters. The topological polar surface area (TPSA) is 26.0 Å². The summed E-state index contributed by atoms with van der Waals surface area (Å²) in [6, 6.07) is 0. The molecule has 0 aliphatic rings. The first kappa shape index (κ1) is 11.4. The number of rotatable bonds is 2. The summed E-state index contributed by atoms with van der Waals surface area (Å²) in [7, 11) is 0. The van der Waals surface area contributed by atoms with Gasteiger partial charge in [0.25, 0.3) is 0 Å². The molecule has 0 fully saturated rings. The predicted molar refractivity (Wildman–Crippen MR) is 47.1 cm³/mol. The molecule has 2 heteroatoms. The number of thioether (sulfide) groups is 1. The maximum absolute atomic E-state index is 5.27. The third-order valence-corrected chi connectivity index (χ3v) is 1.05. The first-order chi connectivity index (χ1) is 4.27. The summed E-state index contributed by atoms with van der Waals surface area (Å²) in [4.78, 5) is 0. The van der Waals surface area contributed by atoms with E-state index in [4.69, 9.17) is 5.73 Å². The smallest absolute Gasteiger partial charge is 0.0116 e. The van der Waals surface area contributed by atoms with Crippen LogP contribution in [0.3, 0.4) is 0 Å². The van der Waals surface area contributed by atoms with Gasteiger partial charge in [0.05, 0.1) is 0 Å². The molecule has 0 saturated heterocycles. The highest BCUT2D eigenvalue weighted by molar-refractivity contribution is 8.04. The zero-order valence-electron chi connectivity index (χ0n) is 6.35. The fourth-order valence-electron chi connectivity index (χ4n) is 0.155. The normalized spacial score (nSPS) is 9.44.